The highest BCUT2D eigenvalue weighted by atomic mass is 16.5. The normalized spacial score (nSPS) is 15.0. The molecule has 0 spiro atoms. The Morgan fingerprint density at radius 3 is 2.48 bits per heavy atom. The van der Waals surface area contributed by atoms with E-state index in [4.69, 9.17) is 4.74 Å². The van der Waals surface area contributed by atoms with E-state index in [0.29, 0.717) is 31.1 Å². The Bertz CT molecular complexity index is 515. The largest absolute Gasteiger partial charge is 0.461 e. The standard InChI is InChI=1S/C15H26N6O2/c1-12(22)16-8-11-23-15-18-13(20(2)3)17-14(19-15)21-9-6-4-5-7-10-21/h4-11H2,1-3H3,(H,16,22). The van der Waals surface area contributed by atoms with Crippen molar-refractivity contribution in [2.24, 2.45) is 0 Å². The molecular formula is C15H26N6O2. The van der Waals surface area contributed by atoms with Crippen LogP contribution in [0.25, 0.3) is 0 Å². The summed E-state index contributed by atoms with van der Waals surface area (Å²) in [5, 5.41) is 2.68. The zero-order chi connectivity index (χ0) is 16.7. The molecule has 0 unspecified atom stereocenters. The summed E-state index contributed by atoms with van der Waals surface area (Å²) < 4.78 is 5.58. The van der Waals surface area contributed by atoms with Crippen molar-refractivity contribution < 1.29 is 9.53 Å². The first-order chi connectivity index (χ1) is 11.1. The molecule has 1 amide bonds. The summed E-state index contributed by atoms with van der Waals surface area (Å²) in [5.41, 5.74) is 0. The zero-order valence-electron chi connectivity index (χ0n) is 14.2. The summed E-state index contributed by atoms with van der Waals surface area (Å²) in [6.45, 7) is 4.15. The lowest BCUT2D eigenvalue weighted by atomic mass is 10.2. The molecule has 1 N–H and O–H groups in total. The van der Waals surface area contributed by atoms with Crippen molar-refractivity contribution in [2.45, 2.75) is 32.6 Å². The first-order valence-electron chi connectivity index (χ1n) is 8.12. The molecule has 0 aromatic carbocycles. The van der Waals surface area contributed by atoms with E-state index < -0.39 is 0 Å². The van der Waals surface area contributed by atoms with Gasteiger partial charge in [0.2, 0.25) is 17.8 Å². The number of hydrogen-bond acceptors (Lipinski definition) is 7. The van der Waals surface area contributed by atoms with Crippen LogP contribution in [0.4, 0.5) is 11.9 Å². The number of carbonyl (C=O) groups is 1. The molecule has 128 valence electrons. The number of nitrogens with zero attached hydrogens (tertiary/aromatic N) is 5. The summed E-state index contributed by atoms with van der Waals surface area (Å²) in [7, 11) is 3.78. The topological polar surface area (TPSA) is 83.5 Å². The van der Waals surface area contributed by atoms with Gasteiger partial charge in [-0.3, -0.25) is 4.79 Å². The molecule has 1 aromatic rings. The summed E-state index contributed by atoms with van der Waals surface area (Å²) in [5.74, 6) is 1.16. The molecular weight excluding hydrogens is 296 g/mol. The van der Waals surface area contributed by atoms with E-state index in [9.17, 15) is 4.79 Å². The second kappa shape index (κ2) is 8.50. The number of rotatable bonds is 6. The Morgan fingerprint density at radius 2 is 1.87 bits per heavy atom. The second-order valence-corrected chi connectivity index (χ2v) is 5.85. The predicted octanol–water partition coefficient (Wildman–Crippen LogP) is 0.833. The van der Waals surface area contributed by atoms with Crippen molar-refractivity contribution in [1.82, 2.24) is 20.3 Å². The number of ether oxygens (including phenoxy) is 1. The van der Waals surface area contributed by atoms with Gasteiger partial charge in [0.1, 0.15) is 6.61 Å². The van der Waals surface area contributed by atoms with E-state index in [1.165, 1.54) is 19.8 Å². The lowest BCUT2D eigenvalue weighted by molar-refractivity contribution is -0.119. The SMILES string of the molecule is CC(=O)NCCOc1nc(N(C)C)nc(N2CCCCCC2)n1. The van der Waals surface area contributed by atoms with Gasteiger partial charge in [-0.25, -0.2) is 0 Å². The van der Waals surface area contributed by atoms with E-state index in [1.807, 2.05) is 19.0 Å². The van der Waals surface area contributed by atoms with Crippen molar-refractivity contribution >= 4 is 17.8 Å². The first-order valence-corrected chi connectivity index (χ1v) is 8.12. The lowest BCUT2D eigenvalue weighted by Crippen LogP contribution is -2.28. The molecule has 1 fully saturated rings. The van der Waals surface area contributed by atoms with Crippen LogP contribution in [0.15, 0.2) is 0 Å². The molecule has 1 aliphatic heterocycles. The Morgan fingerprint density at radius 1 is 1.17 bits per heavy atom. The van der Waals surface area contributed by atoms with Gasteiger partial charge in [-0.15, -0.1) is 0 Å². The van der Waals surface area contributed by atoms with Gasteiger partial charge in [-0.1, -0.05) is 12.8 Å². The summed E-state index contributed by atoms with van der Waals surface area (Å²) in [6.07, 6.45) is 4.81. The molecule has 0 aliphatic carbocycles. The van der Waals surface area contributed by atoms with Gasteiger partial charge in [0.05, 0.1) is 6.54 Å². The third-order valence-corrected chi connectivity index (χ3v) is 3.59. The Hall–Kier alpha value is -2.12. The fraction of sp³-hybridized carbons (Fsp3) is 0.733. The van der Waals surface area contributed by atoms with Crippen molar-refractivity contribution in [3.05, 3.63) is 0 Å². The van der Waals surface area contributed by atoms with E-state index in [-0.39, 0.29) is 5.91 Å². The number of aromatic nitrogens is 3. The van der Waals surface area contributed by atoms with Gasteiger partial charge in [0.15, 0.2) is 0 Å². The van der Waals surface area contributed by atoms with Gasteiger partial charge < -0.3 is 19.9 Å². The quantitative estimate of drug-likeness (QED) is 0.777. The highest BCUT2D eigenvalue weighted by molar-refractivity contribution is 5.72. The average Bonchev–Trinajstić information content (AvgIpc) is 2.80. The smallest absolute Gasteiger partial charge is 0.323 e. The van der Waals surface area contributed by atoms with E-state index in [1.54, 1.807) is 0 Å². The van der Waals surface area contributed by atoms with Gasteiger partial charge in [0.25, 0.3) is 0 Å². The van der Waals surface area contributed by atoms with Crippen molar-refractivity contribution in [3.63, 3.8) is 0 Å². The van der Waals surface area contributed by atoms with Crippen LogP contribution in [0.5, 0.6) is 6.01 Å². The Kier molecular flexibility index (Phi) is 6.37. The zero-order valence-corrected chi connectivity index (χ0v) is 14.2. The summed E-state index contributed by atoms with van der Waals surface area (Å²) >= 11 is 0. The third kappa shape index (κ3) is 5.54. The minimum absolute atomic E-state index is 0.0801. The summed E-state index contributed by atoms with van der Waals surface area (Å²) in [4.78, 5) is 28.2. The number of carbonyl (C=O) groups excluding carboxylic acids is 1. The average molecular weight is 322 g/mol. The first kappa shape index (κ1) is 17.2. The van der Waals surface area contributed by atoms with E-state index in [0.717, 1.165) is 25.9 Å². The van der Waals surface area contributed by atoms with Crippen molar-refractivity contribution in [2.75, 3.05) is 50.1 Å². The number of anilines is 2. The maximum atomic E-state index is 10.9. The minimum atomic E-state index is -0.0801. The molecule has 0 radical (unpaired) electrons. The highest BCUT2D eigenvalue weighted by Gasteiger charge is 2.16. The molecule has 8 heteroatoms. The molecule has 0 bridgehead atoms. The Balaban J connectivity index is 2.09. The predicted molar refractivity (Wildman–Crippen MR) is 89.0 cm³/mol. The fourth-order valence-electron chi connectivity index (χ4n) is 2.38. The molecule has 2 rings (SSSR count). The summed E-state index contributed by atoms with van der Waals surface area (Å²) in [6, 6.07) is 0.299. The highest BCUT2D eigenvalue weighted by Crippen LogP contribution is 2.20. The number of amides is 1. The molecule has 0 atom stereocenters. The van der Waals surface area contributed by atoms with Crippen LogP contribution in [-0.2, 0) is 4.79 Å². The maximum absolute atomic E-state index is 10.9. The van der Waals surface area contributed by atoms with Crippen LogP contribution in [0.1, 0.15) is 32.6 Å². The van der Waals surface area contributed by atoms with Crippen LogP contribution >= 0.6 is 0 Å². The van der Waals surface area contributed by atoms with Crippen LogP contribution in [0.2, 0.25) is 0 Å². The van der Waals surface area contributed by atoms with Gasteiger partial charge >= 0.3 is 6.01 Å². The molecule has 2 heterocycles. The van der Waals surface area contributed by atoms with Crippen molar-refractivity contribution in [1.29, 1.82) is 0 Å². The molecule has 1 aromatic heterocycles. The molecule has 23 heavy (non-hydrogen) atoms. The van der Waals surface area contributed by atoms with Crippen LogP contribution < -0.4 is 19.9 Å². The van der Waals surface area contributed by atoms with Gasteiger partial charge in [-0.05, 0) is 12.8 Å². The molecule has 1 aliphatic rings. The molecule has 8 nitrogen and oxygen atoms in total. The van der Waals surface area contributed by atoms with Crippen LogP contribution in [-0.4, -0.2) is 61.2 Å². The maximum Gasteiger partial charge on any atom is 0.323 e. The molecule has 0 saturated carbocycles. The lowest BCUT2D eigenvalue weighted by Gasteiger charge is -2.22. The minimum Gasteiger partial charge on any atom is -0.461 e. The Labute approximate surface area is 137 Å². The number of nitrogens with one attached hydrogen (secondary N) is 1. The number of hydrogen-bond donors (Lipinski definition) is 1. The fourth-order valence-corrected chi connectivity index (χ4v) is 2.38. The van der Waals surface area contributed by atoms with E-state index in [2.05, 4.69) is 25.2 Å². The second-order valence-electron chi connectivity index (χ2n) is 5.85. The van der Waals surface area contributed by atoms with Crippen LogP contribution in [0, 0.1) is 0 Å². The molecule has 1 saturated heterocycles. The monoisotopic (exact) mass is 322 g/mol. The van der Waals surface area contributed by atoms with Crippen molar-refractivity contribution in [3.8, 4) is 6.01 Å². The van der Waals surface area contributed by atoms with Crippen LogP contribution in [0.3, 0.4) is 0 Å². The van der Waals surface area contributed by atoms with Gasteiger partial charge in [0, 0.05) is 34.1 Å². The third-order valence-electron chi connectivity index (χ3n) is 3.59. The van der Waals surface area contributed by atoms with E-state index >= 15 is 0 Å². The van der Waals surface area contributed by atoms with Gasteiger partial charge in [-0.2, -0.15) is 15.0 Å².